The van der Waals surface area contributed by atoms with Crippen LogP contribution in [0.2, 0.25) is 0 Å². The smallest absolute Gasteiger partial charge is 0.330 e. The number of carbonyl (C=O) groups excluding carboxylic acids is 1. The SMILES string of the molecule is CC/C=C(\C=C\C(=O)OC)OC. The molecule has 0 rings (SSSR count). The summed E-state index contributed by atoms with van der Waals surface area (Å²) in [5, 5.41) is 0. The number of hydrogen-bond acceptors (Lipinski definition) is 3. The average molecular weight is 170 g/mol. The largest absolute Gasteiger partial charge is 0.497 e. The number of carbonyl (C=O) groups is 1. The third kappa shape index (κ3) is 4.55. The molecule has 0 saturated carbocycles. The fourth-order valence-electron chi connectivity index (χ4n) is 0.639. The van der Waals surface area contributed by atoms with Crippen LogP contribution in [0.5, 0.6) is 0 Å². The predicted molar refractivity (Wildman–Crippen MR) is 46.5 cm³/mol. The van der Waals surface area contributed by atoms with Crippen molar-refractivity contribution in [3.63, 3.8) is 0 Å². The van der Waals surface area contributed by atoms with Crippen LogP contribution in [0.25, 0.3) is 0 Å². The molecule has 0 aliphatic carbocycles. The third-order valence-electron chi connectivity index (χ3n) is 1.23. The molecule has 3 heteroatoms. The molecular formula is C9H14O3. The van der Waals surface area contributed by atoms with Crippen LogP contribution < -0.4 is 0 Å². The van der Waals surface area contributed by atoms with Gasteiger partial charge in [0.1, 0.15) is 5.76 Å². The molecule has 0 amide bonds. The van der Waals surface area contributed by atoms with Crippen LogP contribution in [0.1, 0.15) is 13.3 Å². The van der Waals surface area contributed by atoms with E-state index in [-0.39, 0.29) is 5.97 Å². The molecule has 0 heterocycles. The van der Waals surface area contributed by atoms with E-state index in [1.807, 2.05) is 13.0 Å². The summed E-state index contributed by atoms with van der Waals surface area (Å²) < 4.78 is 9.37. The Balaban J connectivity index is 4.10. The predicted octanol–water partition coefficient (Wildman–Crippen LogP) is 1.66. The lowest BCUT2D eigenvalue weighted by Gasteiger charge is -1.97. The van der Waals surface area contributed by atoms with Crippen molar-refractivity contribution >= 4 is 5.97 Å². The normalized spacial score (nSPS) is 11.8. The van der Waals surface area contributed by atoms with Crippen LogP contribution in [0, 0.1) is 0 Å². The lowest BCUT2D eigenvalue weighted by atomic mass is 10.3. The van der Waals surface area contributed by atoms with Gasteiger partial charge < -0.3 is 9.47 Å². The molecule has 0 aliphatic heterocycles. The highest BCUT2D eigenvalue weighted by molar-refractivity contribution is 5.82. The number of esters is 1. The second-order valence-corrected chi connectivity index (χ2v) is 2.08. The molecule has 68 valence electrons. The number of methoxy groups -OCH3 is 2. The van der Waals surface area contributed by atoms with E-state index in [1.54, 1.807) is 13.2 Å². The highest BCUT2D eigenvalue weighted by atomic mass is 16.5. The van der Waals surface area contributed by atoms with Crippen molar-refractivity contribution in [1.82, 2.24) is 0 Å². The zero-order valence-electron chi connectivity index (χ0n) is 7.66. The van der Waals surface area contributed by atoms with Crippen molar-refractivity contribution in [3.05, 3.63) is 24.0 Å². The van der Waals surface area contributed by atoms with Crippen LogP contribution in [0.4, 0.5) is 0 Å². The number of rotatable bonds is 4. The summed E-state index contributed by atoms with van der Waals surface area (Å²) >= 11 is 0. The first-order valence-electron chi connectivity index (χ1n) is 3.74. The second-order valence-electron chi connectivity index (χ2n) is 2.08. The lowest BCUT2D eigenvalue weighted by Crippen LogP contribution is -1.94. The average Bonchev–Trinajstić information content (AvgIpc) is 2.11. The molecule has 12 heavy (non-hydrogen) atoms. The Morgan fingerprint density at radius 3 is 2.33 bits per heavy atom. The highest BCUT2D eigenvalue weighted by Gasteiger charge is 1.92. The molecule has 0 aliphatic rings. The van der Waals surface area contributed by atoms with Crippen molar-refractivity contribution in [2.24, 2.45) is 0 Å². The van der Waals surface area contributed by atoms with Gasteiger partial charge in [-0.15, -0.1) is 0 Å². The Bertz CT molecular complexity index is 192. The first-order chi connectivity index (χ1) is 5.74. The zero-order chi connectivity index (χ0) is 9.40. The monoisotopic (exact) mass is 170 g/mol. The molecule has 0 aromatic carbocycles. The zero-order valence-corrected chi connectivity index (χ0v) is 7.66. The molecule has 0 aromatic rings. The van der Waals surface area contributed by atoms with E-state index in [9.17, 15) is 4.79 Å². The summed E-state index contributed by atoms with van der Waals surface area (Å²) in [5.41, 5.74) is 0. The fourth-order valence-corrected chi connectivity index (χ4v) is 0.639. The summed E-state index contributed by atoms with van der Waals surface area (Å²) in [5.74, 6) is 0.289. The molecule has 3 nitrogen and oxygen atoms in total. The molecule has 0 spiro atoms. The molecule has 0 aromatic heterocycles. The molecule has 0 radical (unpaired) electrons. The second kappa shape index (κ2) is 6.46. The van der Waals surface area contributed by atoms with Gasteiger partial charge in [0.25, 0.3) is 0 Å². The van der Waals surface area contributed by atoms with E-state index in [2.05, 4.69) is 4.74 Å². The maximum atomic E-state index is 10.6. The van der Waals surface area contributed by atoms with Crippen molar-refractivity contribution in [2.75, 3.05) is 14.2 Å². The van der Waals surface area contributed by atoms with Gasteiger partial charge in [-0.05, 0) is 18.6 Å². The first-order valence-corrected chi connectivity index (χ1v) is 3.74. The lowest BCUT2D eigenvalue weighted by molar-refractivity contribution is -0.134. The summed E-state index contributed by atoms with van der Waals surface area (Å²) in [6.07, 6.45) is 5.65. The minimum absolute atomic E-state index is 0.381. The minimum atomic E-state index is -0.381. The summed E-state index contributed by atoms with van der Waals surface area (Å²) in [4.78, 5) is 10.6. The Hall–Kier alpha value is -1.25. The minimum Gasteiger partial charge on any atom is -0.497 e. The fraction of sp³-hybridized carbons (Fsp3) is 0.444. The Labute approximate surface area is 72.7 Å². The maximum Gasteiger partial charge on any atom is 0.330 e. The Morgan fingerprint density at radius 2 is 1.92 bits per heavy atom. The quantitative estimate of drug-likeness (QED) is 0.278. The van der Waals surface area contributed by atoms with E-state index in [0.29, 0.717) is 5.76 Å². The topological polar surface area (TPSA) is 35.5 Å². The summed E-state index contributed by atoms with van der Waals surface area (Å²) in [6, 6.07) is 0. The van der Waals surface area contributed by atoms with Crippen LogP contribution in [0.3, 0.4) is 0 Å². The van der Waals surface area contributed by atoms with Gasteiger partial charge in [-0.3, -0.25) is 0 Å². The molecular weight excluding hydrogens is 156 g/mol. The van der Waals surface area contributed by atoms with Crippen LogP contribution in [0.15, 0.2) is 24.0 Å². The molecule has 0 unspecified atom stereocenters. The van der Waals surface area contributed by atoms with Gasteiger partial charge in [0.2, 0.25) is 0 Å². The van der Waals surface area contributed by atoms with Crippen molar-refractivity contribution < 1.29 is 14.3 Å². The number of hydrogen-bond donors (Lipinski definition) is 0. The van der Waals surface area contributed by atoms with Gasteiger partial charge in [-0.2, -0.15) is 0 Å². The van der Waals surface area contributed by atoms with Crippen molar-refractivity contribution in [3.8, 4) is 0 Å². The third-order valence-corrected chi connectivity index (χ3v) is 1.23. The molecule has 0 bridgehead atoms. The Morgan fingerprint density at radius 1 is 1.25 bits per heavy atom. The van der Waals surface area contributed by atoms with E-state index in [4.69, 9.17) is 4.74 Å². The van der Waals surface area contributed by atoms with Gasteiger partial charge in [-0.25, -0.2) is 4.79 Å². The van der Waals surface area contributed by atoms with E-state index in [0.717, 1.165) is 6.42 Å². The van der Waals surface area contributed by atoms with Gasteiger partial charge in [0.05, 0.1) is 14.2 Å². The molecule has 0 fully saturated rings. The molecule has 0 atom stereocenters. The number of allylic oxidation sites excluding steroid dienone is 2. The van der Waals surface area contributed by atoms with Crippen molar-refractivity contribution in [2.45, 2.75) is 13.3 Å². The van der Waals surface area contributed by atoms with E-state index >= 15 is 0 Å². The number of ether oxygens (including phenoxy) is 2. The van der Waals surface area contributed by atoms with Gasteiger partial charge in [0, 0.05) is 6.08 Å². The van der Waals surface area contributed by atoms with E-state index < -0.39 is 0 Å². The van der Waals surface area contributed by atoms with Gasteiger partial charge in [0.15, 0.2) is 0 Å². The van der Waals surface area contributed by atoms with Crippen molar-refractivity contribution in [1.29, 1.82) is 0 Å². The summed E-state index contributed by atoms with van der Waals surface area (Å²) in [7, 11) is 2.89. The molecule has 0 saturated heterocycles. The van der Waals surface area contributed by atoms with Crippen LogP contribution in [-0.4, -0.2) is 20.2 Å². The van der Waals surface area contributed by atoms with Crippen LogP contribution in [-0.2, 0) is 14.3 Å². The highest BCUT2D eigenvalue weighted by Crippen LogP contribution is 1.99. The summed E-state index contributed by atoms with van der Waals surface area (Å²) in [6.45, 7) is 1.99. The van der Waals surface area contributed by atoms with Gasteiger partial charge >= 0.3 is 5.97 Å². The first kappa shape index (κ1) is 10.8. The Kier molecular flexibility index (Phi) is 5.79. The molecule has 0 N–H and O–H groups in total. The standard InChI is InChI=1S/C9H14O3/c1-4-5-8(11-2)6-7-9(10)12-3/h5-7H,4H2,1-3H3/b7-6+,8-5+. The maximum absolute atomic E-state index is 10.6. The van der Waals surface area contributed by atoms with E-state index in [1.165, 1.54) is 13.2 Å². The van der Waals surface area contributed by atoms with Crippen LogP contribution >= 0.6 is 0 Å². The van der Waals surface area contributed by atoms with Gasteiger partial charge in [-0.1, -0.05) is 6.92 Å².